The monoisotopic (exact) mass is 191 g/mol. The molecule has 1 saturated heterocycles. The highest BCUT2D eigenvalue weighted by molar-refractivity contribution is 5.98. The number of Topliss-reactive ketones (excluding diaryl/α,β-unsaturated/α-hetero) is 1. The predicted octanol–water partition coefficient (Wildman–Crippen LogP) is 1.49. The molecule has 0 saturated carbocycles. The minimum absolute atomic E-state index is 0.0248. The van der Waals surface area contributed by atoms with Crippen LogP contribution in [0.4, 0.5) is 5.69 Å². The number of anilines is 1. The Morgan fingerprint density at radius 3 is 3.00 bits per heavy atom. The highest BCUT2D eigenvalue weighted by Crippen LogP contribution is 2.19. The topological polar surface area (TPSA) is 52.3 Å². The summed E-state index contributed by atoms with van der Waals surface area (Å²) in [6.45, 7) is 1.24. The number of carbonyl (C=O) groups excluding carboxylic acids is 1. The van der Waals surface area contributed by atoms with E-state index in [1.807, 2.05) is 0 Å². The van der Waals surface area contributed by atoms with E-state index < -0.39 is 0 Å². The quantitative estimate of drug-likeness (QED) is 0.569. The third-order valence-electron chi connectivity index (χ3n) is 2.47. The number of ether oxygens (including phenoxy) is 1. The van der Waals surface area contributed by atoms with E-state index in [1.165, 1.54) is 0 Å². The van der Waals surface area contributed by atoms with Crippen molar-refractivity contribution >= 4 is 11.5 Å². The summed E-state index contributed by atoms with van der Waals surface area (Å²) in [7, 11) is 0. The predicted molar refractivity (Wildman–Crippen MR) is 54.1 cm³/mol. The first-order chi connectivity index (χ1) is 6.77. The van der Waals surface area contributed by atoms with Gasteiger partial charge in [-0.3, -0.25) is 4.79 Å². The summed E-state index contributed by atoms with van der Waals surface area (Å²) in [6, 6.07) is 7.11. The van der Waals surface area contributed by atoms with E-state index in [-0.39, 0.29) is 11.7 Å². The van der Waals surface area contributed by atoms with Crippen LogP contribution >= 0.6 is 0 Å². The Kier molecular flexibility index (Phi) is 2.50. The molecule has 1 aromatic rings. The molecule has 0 radical (unpaired) electrons. The Morgan fingerprint density at radius 2 is 2.36 bits per heavy atom. The largest absolute Gasteiger partial charge is 0.399 e. The maximum atomic E-state index is 11.9. The molecule has 1 aliphatic heterocycles. The standard InChI is InChI=1S/C11H13NO2/c12-10-3-1-2-8(6-10)11(13)9-4-5-14-7-9/h1-3,6,9H,4-5,7,12H2. The molecule has 0 bridgehead atoms. The summed E-state index contributed by atoms with van der Waals surface area (Å²) in [5.41, 5.74) is 6.94. The summed E-state index contributed by atoms with van der Waals surface area (Å²) < 4.78 is 5.18. The Labute approximate surface area is 82.9 Å². The lowest BCUT2D eigenvalue weighted by Gasteiger charge is -2.06. The van der Waals surface area contributed by atoms with E-state index in [2.05, 4.69) is 0 Å². The molecule has 3 nitrogen and oxygen atoms in total. The number of hydrogen-bond donors (Lipinski definition) is 1. The Morgan fingerprint density at radius 1 is 1.50 bits per heavy atom. The van der Waals surface area contributed by atoms with Crippen molar-refractivity contribution in [2.45, 2.75) is 6.42 Å². The second kappa shape index (κ2) is 3.80. The molecule has 74 valence electrons. The van der Waals surface area contributed by atoms with Crippen LogP contribution < -0.4 is 5.73 Å². The van der Waals surface area contributed by atoms with E-state index >= 15 is 0 Å². The first-order valence-electron chi connectivity index (χ1n) is 4.75. The average molecular weight is 191 g/mol. The van der Waals surface area contributed by atoms with Crippen LogP contribution in [0.15, 0.2) is 24.3 Å². The highest BCUT2D eigenvalue weighted by atomic mass is 16.5. The Bertz CT molecular complexity index is 343. The van der Waals surface area contributed by atoms with Crippen LogP contribution in [0.25, 0.3) is 0 Å². The fraction of sp³-hybridized carbons (Fsp3) is 0.364. The summed E-state index contributed by atoms with van der Waals surface area (Å²) in [5, 5.41) is 0. The molecular formula is C11H13NO2. The van der Waals surface area contributed by atoms with Gasteiger partial charge in [0.25, 0.3) is 0 Å². The molecule has 1 heterocycles. The lowest BCUT2D eigenvalue weighted by Crippen LogP contribution is -2.14. The molecule has 2 N–H and O–H groups in total. The van der Waals surface area contributed by atoms with E-state index in [1.54, 1.807) is 24.3 Å². The lowest BCUT2D eigenvalue weighted by atomic mass is 9.97. The molecule has 1 atom stereocenters. The smallest absolute Gasteiger partial charge is 0.168 e. The third-order valence-corrected chi connectivity index (χ3v) is 2.47. The molecule has 14 heavy (non-hydrogen) atoms. The van der Waals surface area contributed by atoms with Gasteiger partial charge in [0, 0.05) is 23.8 Å². The van der Waals surface area contributed by atoms with Crippen LogP contribution in [-0.4, -0.2) is 19.0 Å². The van der Waals surface area contributed by atoms with Crippen molar-refractivity contribution in [3.8, 4) is 0 Å². The van der Waals surface area contributed by atoms with E-state index in [0.29, 0.717) is 24.5 Å². The molecular weight excluding hydrogens is 178 g/mol. The molecule has 1 fully saturated rings. The Balaban J connectivity index is 2.17. The van der Waals surface area contributed by atoms with E-state index in [9.17, 15) is 4.79 Å². The fourth-order valence-electron chi connectivity index (χ4n) is 1.67. The van der Waals surface area contributed by atoms with Crippen LogP contribution in [0.3, 0.4) is 0 Å². The minimum Gasteiger partial charge on any atom is -0.399 e. The minimum atomic E-state index is 0.0248. The van der Waals surface area contributed by atoms with Gasteiger partial charge in [0.2, 0.25) is 0 Å². The van der Waals surface area contributed by atoms with Gasteiger partial charge in [-0.2, -0.15) is 0 Å². The fourth-order valence-corrected chi connectivity index (χ4v) is 1.67. The number of carbonyl (C=O) groups is 1. The maximum Gasteiger partial charge on any atom is 0.168 e. The number of rotatable bonds is 2. The Hall–Kier alpha value is -1.35. The van der Waals surface area contributed by atoms with Crippen LogP contribution in [0.1, 0.15) is 16.8 Å². The highest BCUT2D eigenvalue weighted by Gasteiger charge is 2.24. The second-order valence-electron chi connectivity index (χ2n) is 3.55. The van der Waals surface area contributed by atoms with Gasteiger partial charge in [-0.15, -0.1) is 0 Å². The SMILES string of the molecule is Nc1cccc(C(=O)C2CCOC2)c1. The van der Waals surface area contributed by atoms with Crippen molar-refractivity contribution in [2.24, 2.45) is 5.92 Å². The van der Waals surface area contributed by atoms with Crippen molar-refractivity contribution in [3.63, 3.8) is 0 Å². The molecule has 0 amide bonds. The van der Waals surface area contributed by atoms with Gasteiger partial charge in [-0.1, -0.05) is 12.1 Å². The number of hydrogen-bond acceptors (Lipinski definition) is 3. The number of benzene rings is 1. The zero-order chi connectivity index (χ0) is 9.97. The number of nitrogens with two attached hydrogens (primary N) is 1. The molecule has 1 unspecified atom stereocenters. The third kappa shape index (κ3) is 1.77. The molecule has 2 rings (SSSR count). The van der Waals surface area contributed by atoms with Gasteiger partial charge in [0.1, 0.15) is 0 Å². The van der Waals surface area contributed by atoms with Gasteiger partial charge in [-0.25, -0.2) is 0 Å². The summed E-state index contributed by atoms with van der Waals surface area (Å²) >= 11 is 0. The molecule has 1 aliphatic rings. The molecule has 0 aliphatic carbocycles. The maximum absolute atomic E-state index is 11.9. The number of ketones is 1. The molecule has 1 aromatic carbocycles. The number of nitrogen functional groups attached to an aromatic ring is 1. The van der Waals surface area contributed by atoms with E-state index in [0.717, 1.165) is 6.42 Å². The van der Waals surface area contributed by atoms with Crippen molar-refractivity contribution in [3.05, 3.63) is 29.8 Å². The first-order valence-corrected chi connectivity index (χ1v) is 4.75. The second-order valence-corrected chi connectivity index (χ2v) is 3.55. The van der Waals surface area contributed by atoms with Gasteiger partial charge >= 0.3 is 0 Å². The van der Waals surface area contributed by atoms with E-state index in [4.69, 9.17) is 10.5 Å². The average Bonchev–Trinajstić information content (AvgIpc) is 2.69. The van der Waals surface area contributed by atoms with Crippen LogP contribution in [0.2, 0.25) is 0 Å². The molecule has 0 aromatic heterocycles. The normalized spacial score (nSPS) is 21.0. The van der Waals surface area contributed by atoms with Crippen LogP contribution in [0, 0.1) is 5.92 Å². The van der Waals surface area contributed by atoms with Crippen LogP contribution in [-0.2, 0) is 4.74 Å². The zero-order valence-corrected chi connectivity index (χ0v) is 7.90. The van der Waals surface area contributed by atoms with Crippen molar-refractivity contribution in [2.75, 3.05) is 18.9 Å². The van der Waals surface area contributed by atoms with Gasteiger partial charge in [0.15, 0.2) is 5.78 Å². The van der Waals surface area contributed by atoms with Gasteiger partial charge < -0.3 is 10.5 Å². The first kappa shape index (κ1) is 9.21. The van der Waals surface area contributed by atoms with Gasteiger partial charge in [-0.05, 0) is 18.6 Å². The summed E-state index contributed by atoms with van der Waals surface area (Å²) in [6.07, 6.45) is 0.827. The summed E-state index contributed by atoms with van der Waals surface area (Å²) in [5.74, 6) is 0.173. The molecule has 0 spiro atoms. The van der Waals surface area contributed by atoms with Crippen LogP contribution in [0.5, 0.6) is 0 Å². The summed E-state index contributed by atoms with van der Waals surface area (Å²) in [4.78, 5) is 11.9. The van der Waals surface area contributed by atoms with Crippen molar-refractivity contribution in [1.29, 1.82) is 0 Å². The lowest BCUT2D eigenvalue weighted by molar-refractivity contribution is 0.0900. The van der Waals surface area contributed by atoms with Crippen molar-refractivity contribution in [1.82, 2.24) is 0 Å². The zero-order valence-electron chi connectivity index (χ0n) is 7.90. The van der Waals surface area contributed by atoms with Gasteiger partial charge in [0.05, 0.1) is 6.61 Å². The molecule has 3 heteroatoms. The van der Waals surface area contributed by atoms with Crippen molar-refractivity contribution < 1.29 is 9.53 Å².